The molecule has 2 aromatic carbocycles. The molecule has 0 unspecified atom stereocenters. The van der Waals surface area contributed by atoms with Crippen molar-refractivity contribution in [1.29, 1.82) is 0 Å². The van der Waals surface area contributed by atoms with Crippen molar-refractivity contribution in [2.75, 3.05) is 18.5 Å². The summed E-state index contributed by atoms with van der Waals surface area (Å²) in [7, 11) is 0. The molecule has 0 aromatic heterocycles. The Hall–Kier alpha value is -3.30. The standard InChI is InChI=1S/C16H11F3N2O5/c17-16(18,19)9-1-3-10(4-2-9)20-15(22)11-7-13-14(26-6-5-25-13)8-12(11)21(23)24/h1-4,7-8H,5-6H2,(H,20,22). The number of hydrogen-bond acceptors (Lipinski definition) is 5. The third-order valence-electron chi connectivity index (χ3n) is 3.57. The van der Waals surface area contributed by atoms with Crippen molar-refractivity contribution < 1.29 is 32.4 Å². The Labute approximate surface area is 144 Å². The van der Waals surface area contributed by atoms with Crippen molar-refractivity contribution >= 4 is 17.3 Å². The van der Waals surface area contributed by atoms with Gasteiger partial charge in [0, 0.05) is 11.8 Å². The molecule has 0 saturated heterocycles. The number of rotatable bonds is 3. The smallest absolute Gasteiger partial charge is 0.416 e. The zero-order chi connectivity index (χ0) is 18.9. The van der Waals surface area contributed by atoms with Crippen LogP contribution in [0.4, 0.5) is 24.5 Å². The average molecular weight is 368 g/mol. The highest BCUT2D eigenvalue weighted by Gasteiger charge is 2.30. The average Bonchev–Trinajstić information content (AvgIpc) is 2.60. The van der Waals surface area contributed by atoms with Crippen molar-refractivity contribution in [2.24, 2.45) is 0 Å². The third kappa shape index (κ3) is 3.53. The number of nitro benzene ring substituents is 1. The van der Waals surface area contributed by atoms with Gasteiger partial charge in [-0.05, 0) is 24.3 Å². The molecule has 0 fully saturated rings. The predicted octanol–water partition coefficient (Wildman–Crippen LogP) is 3.64. The predicted molar refractivity (Wildman–Crippen MR) is 83.5 cm³/mol. The number of nitro groups is 1. The molecule has 10 heteroatoms. The second kappa shape index (κ2) is 6.54. The number of nitrogens with one attached hydrogen (secondary N) is 1. The van der Waals surface area contributed by atoms with Gasteiger partial charge in [-0.1, -0.05) is 0 Å². The number of carbonyl (C=O) groups excluding carboxylic acids is 1. The molecule has 0 atom stereocenters. The maximum absolute atomic E-state index is 12.6. The van der Waals surface area contributed by atoms with Gasteiger partial charge >= 0.3 is 6.18 Å². The van der Waals surface area contributed by atoms with Gasteiger partial charge in [0.05, 0.1) is 16.6 Å². The molecular formula is C16H11F3N2O5. The summed E-state index contributed by atoms with van der Waals surface area (Å²) in [6.45, 7) is 0.450. The van der Waals surface area contributed by atoms with Crippen molar-refractivity contribution in [3.8, 4) is 11.5 Å². The number of anilines is 1. The topological polar surface area (TPSA) is 90.7 Å². The van der Waals surface area contributed by atoms with E-state index in [1.807, 2.05) is 0 Å². The van der Waals surface area contributed by atoms with Crippen LogP contribution in [-0.4, -0.2) is 24.0 Å². The number of ether oxygens (including phenoxy) is 2. The SMILES string of the molecule is O=C(Nc1ccc(C(F)(F)F)cc1)c1cc2c(cc1[N+](=O)[O-])OCCO2. The lowest BCUT2D eigenvalue weighted by atomic mass is 10.1. The maximum Gasteiger partial charge on any atom is 0.416 e. The number of fused-ring (bicyclic) bond motifs is 1. The first-order chi connectivity index (χ1) is 12.3. The normalized spacial score (nSPS) is 13.2. The highest BCUT2D eigenvalue weighted by Crippen LogP contribution is 2.37. The summed E-state index contributed by atoms with van der Waals surface area (Å²) in [5.74, 6) is -0.526. The van der Waals surface area contributed by atoms with Gasteiger partial charge in [-0.15, -0.1) is 0 Å². The Morgan fingerprint density at radius 3 is 2.19 bits per heavy atom. The number of amides is 1. The lowest BCUT2D eigenvalue weighted by Gasteiger charge is -2.19. The molecule has 3 rings (SSSR count). The summed E-state index contributed by atoms with van der Waals surface area (Å²) in [5, 5.41) is 13.6. The second-order valence-corrected chi connectivity index (χ2v) is 5.30. The minimum Gasteiger partial charge on any atom is -0.486 e. The van der Waals surface area contributed by atoms with Crippen LogP contribution in [0.25, 0.3) is 0 Å². The minimum atomic E-state index is -4.50. The third-order valence-corrected chi connectivity index (χ3v) is 3.57. The lowest BCUT2D eigenvalue weighted by molar-refractivity contribution is -0.385. The van der Waals surface area contributed by atoms with Gasteiger partial charge < -0.3 is 14.8 Å². The quantitative estimate of drug-likeness (QED) is 0.660. The van der Waals surface area contributed by atoms with Gasteiger partial charge in [-0.25, -0.2) is 0 Å². The fourth-order valence-corrected chi connectivity index (χ4v) is 2.35. The fraction of sp³-hybridized carbons (Fsp3) is 0.188. The molecule has 0 aliphatic carbocycles. The minimum absolute atomic E-state index is 0.0622. The second-order valence-electron chi connectivity index (χ2n) is 5.30. The molecule has 7 nitrogen and oxygen atoms in total. The molecule has 0 spiro atoms. The summed E-state index contributed by atoms with van der Waals surface area (Å²) in [4.78, 5) is 22.8. The highest BCUT2D eigenvalue weighted by atomic mass is 19.4. The summed E-state index contributed by atoms with van der Waals surface area (Å²) >= 11 is 0. The van der Waals surface area contributed by atoms with E-state index in [0.717, 1.165) is 30.3 Å². The molecule has 1 amide bonds. The number of benzene rings is 2. The monoisotopic (exact) mass is 368 g/mol. The van der Waals surface area contributed by atoms with E-state index in [0.29, 0.717) is 0 Å². The molecule has 0 saturated carbocycles. The number of halogens is 3. The molecule has 136 valence electrons. The van der Waals surface area contributed by atoms with E-state index in [1.54, 1.807) is 0 Å². The van der Waals surface area contributed by atoms with Gasteiger partial charge in [0.25, 0.3) is 11.6 Å². The van der Waals surface area contributed by atoms with Crippen molar-refractivity contribution in [3.05, 3.63) is 57.6 Å². The van der Waals surface area contributed by atoms with E-state index in [2.05, 4.69) is 5.32 Å². The molecule has 1 aliphatic heterocycles. The van der Waals surface area contributed by atoms with E-state index in [9.17, 15) is 28.1 Å². The van der Waals surface area contributed by atoms with Crippen molar-refractivity contribution in [2.45, 2.75) is 6.18 Å². The highest BCUT2D eigenvalue weighted by molar-refractivity contribution is 6.07. The Balaban J connectivity index is 1.88. The van der Waals surface area contributed by atoms with Crippen LogP contribution in [0.2, 0.25) is 0 Å². The molecule has 26 heavy (non-hydrogen) atoms. The Morgan fingerprint density at radius 2 is 1.65 bits per heavy atom. The van der Waals surface area contributed by atoms with E-state index in [4.69, 9.17) is 9.47 Å². The van der Waals surface area contributed by atoms with Gasteiger partial charge in [0.2, 0.25) is 0 Å². The first kappa shape index (κ1) is 17.5. The zero-order valence-corrected chi connectivity index (χ0v) is 13.0. The van der Waals surface area contributed by atoms with Gasteiger partial charge in [0.15, 0.2) is 11.5 Å². The van der Waals surface area contributed by atoms with E-state index < -0.39 is 28.3 Å². The van der Waals surface area contributed by atoms with E-state index in [1.165, 1.54) is 6.07 Å². The number of carbonyl (C=O) groups is 1. The molecule has 2 aromatic rings. The summed E-state index contributed by atoms with van der Waals surface area (Å²) in [6, 6.07) is 5.97. The molecule has 0 radical (unpaired) electrons. The number of alkyl halides is 3. The Morgan fingerprint density at radius 1 is 1.08 bits per heavy atom. The first-order valence-corrected chi connectivity index (χ1v) is 7.32. The van der Waals surface area contributed by atoms with Crippen LogP contribution in [0.3, 0.4) is 0 Å². The molecular weight excluding hydrogens is 357 g/mol. The van der Waals surface area contributed by atoms with Crippen LogP contribution in [0.15, 0.2) is 36.4 Å². The maximum atomic E-state index is 12.6. The molecule has 1 N–H and O–H groups in total. The molecule has 1 heterocycles. The zero-order valence-electron chi connectivity index (χ0n) is 13.0. The van der Waals surface area contributed by atoms with Gasteiger partial charge in [0.1, 0.15) is 18.8 Å². The van der Waals surface area contributed by atoms with E-state index in [-0.39, 0.29) is 36.0 Å². The van der Waals surface area contributed by atoms with Gasteiger partial charge in [-0.3, -0.25) is 14.9 Å². The van der Waals surface area contributed by atoms with Crippen molar-refractivity contribution in [1.82, 2.24) is 0 Å². The van der Waals surface area contributed by atoms with Gasteiger partial charge in [-0.2, -0.15) is 13.2 Å². The number of nitrogens with zero attached hydrogens (tertiary/aromatic N) is 1. The fourth-order valence-electron chi connectivity index (χ4n) is 2.35. The van der Waals surface area contributed by atoms with E-state index >= 15 is 0 Å². The van der Waals surface area contributed by atoms with Crippen LogP contribution < -0.4 is 14.8 Å². The lowest BCUT2D eigenvalue weighted by Crippen LogP contribution is -2.18. The largest absolute Gasteiger partial charge is 0.486 e. The summed E-state index contributed by atoms with van der Waals surface area (Å²) in [5.41, 5.74) is -1.61. The van der Waals surface area contributed by atoms with Crippen molar-refractivity contribution in [3.63, 3.8) is 0 Å². The summed E-state index contributed by atoms with van der Waals surface area (Å²) < 4.78 is 48.2. The first-order valence-electron chi connectivity index (χ1n) is 7.32. The van der Waals surface area contributed by atoms with Crippen LogP contribution in [-0.2, 0) is 6.18 Å². The Bertz CT molecular complexity index is 865. The number of hydrogen-bond donors (Lipinski definition) is 1. The van der Waals surface area contributed by atoms with Crippen LogP contribution in [0, 0.1) is 10.1 Å². The van der Waals surface area contributed by atoms with Crippen LogP contribution in [0.1, 0.15) is 15.9 Å². The molecule has 0 bridgehead atoms. The van der Waals surface area contributed by atoms with Crippen LogP contribution >= 0.6 is 0 Å². The van der Waals surface area contributed by atoms with Crippen LogP contribution in [0.5, 0.6) is 11.5 Å². The Kier molecular flexibility index (Phi) is 4.41. The summed E-state index contributed by atoms with van der Waals surface area (Å²) in [6.07, 6.45) is -4.50. The molecule has 1 aliphatic rings.